The fourth-order valence-corrected chi connectivity index (χ4v) is 1.53. The van der Waals surface area contributed by atoms with Crippen LogP contribution < -0.4 is 10.6 Å². The molecule has 0 aliphatic carbocycles. The van der Waals surface area contributed by atoms with Crippen LogP contribution in [0, 0.1) is 0 Å². The molecule has 0 unspecified atom stereocenters. The number of nitrogens with two attached hydrogens (primary N) is 1. The fraction of sp³-hybridized carbons (Fsp3) is 0.538. The fourth-order valence-electron chi connectivity index (χ4n) is 1.53. The van der Waals surface area contributed by atoms with E-state index in [-0.39, 0.29) is 5.54 Å². The van der Waals surface area contributed by atoms with Crippen LogP contribution in [0.3, 0.4) is 0 Å². The number of benzene rings is 1. The van der Waals surface area contributed by atoms with Gasteiger partial charge in [-0.2, -0.15) is 0 Å². The lowest BCUT2D eigenvalue weighted by Crippen LogP contribution is -2.37. The predicted molar refractivity (Wildman–Crippen MR) is 67.2 cm³/mol. The first-order valence-electron chi connectivity index (χ1n) is 5.62. The molecule has 0 amide bonds. The van der Waals surface area contributed by atoms with Crippen molar-refractivity contribution in [1.82, 2.24) is 0 Å². The van der Waals surface area contributed by atoms with Crippen LogP contribution in [0.25, 0.3) is 0 Å². The van der Waals surface area contributed by atoms with Crippen LogP contribution in [0.1, 0.15) is 27.2 Å². The maximum absolute atomic E-state index is 5.99. The molecule has 15 heavy (non-hydrogen) atoms. The molecule has 2 heteroatoms. The Labute approximate surface area is 93.1 Å². The van der Waals surface area contributed by atoms with Crippen LogP contribution in [-0.2, 0) is 0 Å². The first kappa shape index (κ1) is 12.1. The third-order valence-electron chi connectivity index (χ3n) is 2.53. The standard InChI is InChI=1S/C13H22N2/c1-4-15(11-10-13(2,3)14)12-8-6-5-7-9-12/h5-9H,4,10-11,14H2,1-3H3. The first-order chi connectivity index (χ1) is 7.03. The van der Waals surface area contributed by atoms with Crippen molar-refractivity contribution in [3.63, 3.8) is 0 Å². The topological polar surface area (TPSA) is 29.3 Å². The average Bonchev–Trinajstić information content (AvgIpc) is 2.19. The van der Waals surface area contributed by atoms with E-state index in [1.54, 1.807) is 0 Å². The second kappa shape index (κ2) is 5.17. The molecular formula is C13H22N2. The van der Waals surface area contributed by atoms with Crippen molar-refractivity contribution in [3.05, 3.63) is 30.3 Å². The van der Waals surface area contributed by atoms with Gasteiger partial charge in [-0.05, 0) is 39.3 Å². The Bertz CT molecular complexity index is 274. The lowest BCUT2D eigenvalue weighted by Gasteiger charge is -2.27. The molecular weight excluding hydrogens is 184 g/mol. The molecule has 84 valence electrons. The highest BCUT2D eigenvalue weighted by molar-refractivity contribution is 5.45. The zero-order chi connectivity index (χ0) is 11.3. The van der Waals surface area contributed by atoms with E-state index < -0.39 is 0 Å². The minimum atomic E-state index is -0.0812. The maximum Gasteiger partial charge on any atom is 0.0366 e. The van der Waals surface area contributed by atoms with Gasteiger partial charge >= 0.3 is 0 Å². The van der Waals surface area contributed by atoms with Crippen molar-refractivity contribution in [2.45, 2.75) is 32.7 Å². The molecule has 0 atom stereocenters. The summed E-state index contributed by atoms with van der Waals surface area (Å²) in [6.07, 6.45) is 1.01. The molecule has 0 saturated carbocycles. The van der Waals surface area contributed by atoms with Crippen molar-refractivity contribution in [1.29, 1.82) is 0 Å². The Balaban J connectivity index is 2.58. The van der Waals surface area contributed by atoms with E-state index in [1.807, 2.05) is 6.07 Å². The monoisotopic (exact) mass is 206 g/mol. The summed E-state index contributed by atoms with van der Waals surface area (Å²) in [6.45, 7) is 8.37. The smallest absolute Gasteiger partial charge is 0.0366 e. The number of hydrogen-bond donors (Lipinski definition) is 1. The molecule has 1 aromatic carbocycles. The van der Waals surface area contributed by atoms with Crippen LogP contribution >= 0.6 is 0 Å². The highest BCUT2D eigenvalue weighted by Gasteiger charge is 2.12. The zero-order valence-corrected chi connectivity index (χ0v) is 10.0. The zero-order valence-electron chi connectivity index (χ0n) is 10.0. The van der Waals surface area contributed by atoms with Crippen molar-refractivity contribution >= 4 is 5.69 Å². The van der Waals surface area contributed by atoms with E-state index in [9.17, 15) is 0 Å². The molecule has 0 aliphatic heterocycles. The van der Waals surface area contributed by atoms with Crippen LogP contribution in [0.5, 0.6) is 0 Å². The van der Waals surface area contributed by atoms with Gasteiger partial charge in [-0.1, -0.05) is 18.2 Å². The summed E-state index contributed by atoms with van der Waals surface area (Å²) in [5.74, 6) is 0. The van der Waals surface area contributed by atoms with Gasteiger partial charge in [0.05, 0.1) is 0 Å². The number of rotatable bonds is 5. The highest BCUT2D eigenvalue weighted by atomic mass is 15.1. The Morgan fingerprint density at radius 3 is 2.27 bits per heavy atom. The minimum Gasteiger partial charge on any atom is -0.372 e. The van der Waals surface area contributed by atoms with Gasteiger partial charge in [-0.15, -0.1) is 0 Å². The number of para-hydroxylation sites is 1. The second-order valence-corrected chi connectivity index (χ2v) is 4.65. The molecule has 1 aromatic rings. The third-order valence-corrected chi connectivity index (χ3v) is 2.53. The van der Waals surface area contributed by atoms with Crippen LogP contribution in [0.4, 0.5) is 5.69 Å². The molecule has 0 heterocycles. The largest absolute Gasteiger partial charge is 0.372 e. The molecule has 2 N–H and O–H groups in total. The van der Waals surface area contributed by atoms with Crippen LogP contribution in [0.2, 0.25) is 0 Å². The van der Waals surface area contributed by atoms with Crippen LogP contribution in [0.15, 0.2) is 30.3 Å². The quantitative estimate of drug-likeness (QED) is 0.802. The molecule has 0 fully saturated rings. The van der Waals surface area contributed by atoms with Crippen molar-refractivity contribution < 1.29 is 0 Å². The Kier molecular flexibility index (Phi) is 4.15. The molecule has 0 aliphatic rings. The van der Waals surface area contributed by atoms with E-state index in [4.69, 9.17) is 5.73 Å². The summed E-state index contributed by atoms with van der Waals surface area (Å²) < 4.78 is 0. The lowest BCUT2D eigenvalue weighted by atomic mass is 10.0. The SMILES string of the molecule is CCN(CCC(C)(C)N)c1ccccc1. The molecule has 1 rings (SSSR count). The minimum absolute atomic E-state index is 0.0812. The Morgan fingerprint density at radius 2 is 1.80 bits per heavy atom. The number of anilines is 1. The van der Waals surface area contributed by atoms with Gasteiger partial charge in [0.1, 0.15) is 0 Å². The Hall–Kier alpha value is -1.02. The van der Waals surface area contributed by atoms with Gasteiger partial charge in [-0.3, -0.25) is 0 Å². The van der Waals surface area contributed by atoms with E-state index in [0.29, 0.717) is 0 Å². The highest BCUT2D eigenvalue weighted by Crippen LogP contribution is 2.15. The van der Waals surface area contributed by atoms with Gasteiger partial charge in [-0.25, -0.2) is 0 Å². The number of nitrogens with zero attached hydrogens (tertiary/aromatic N) is 1. The molecule has 0 radical (unpaired) electrons. The van der Waals surface area contributed by atoms with Crippen molar-refractivity contribution in [2.24, 2.45) is 5.73 Å². The molecule has 0 spiro atoms. The normalized spacial score (nSPS) is 11.5. The predicted octanol–water partition coefficient (Wildman–Crippen LogP) is 2.64. The van der Waals surface area contributed by atoms with Gasteiger partial charge in [0.2, 0.25) is 0 Å². The summed E-state index contributed by atoms with van der Waals surface area (Å²) in [5.41, 5.74) is 7.19. The van der Waals surface area contributed by atoms with Gasteiger partial charge in [0.25, 0.3) is 0 Å². The van der Waals surface area contributed by atoms with Crippen LogP contribution in [-0.4, -0.2) is 18.6 Å². The molecule has 0 saturated heterocycles. The van der Waals surface area contributed by atoms with Crippen molar-refractivity contribution in [2.75, 3.05) is 18.0 Å². The summed E-state index contributed by atoms with van der Waals surface area (Å²) in [4.78, 5) is 2.36. The summed E-state index contributed by atoms with van der Waals surface area (Å²) in [7, 11) is 0. The Morgan fingerprint density at radius 1 is 1.20 bits per heavy atom. The lowest BCUT2D eigenvalue weighted by molar-refractivity contribution is 0.475. The van der Waals surface area contributed by atoms with E-state index in [2.05, 4.69) is 49.9 Å². The number of hydrogen-bond acceptors (Lipinski definition) is 2. The molecule has 0 aromatic heterocycles. The molecule has 2 nitrogen and oxygen atoms in total. The molecule has 0 bridgehead atoms. The summed E-state index contributed by atoms with van der Waals surface area (Å²) in [6, 6.07) is 10.5. The van der Waals surface area contributed by atoms with Gasteiger partial charge in [0.15, 0.2) is 0 Å². The first-order valence-corrected chi connectivity index (χ1v) is 5.62. The van der Waals surface area contributed by atoms with Gasteiger partial charge in [0, 0.05) is 24.3 Å². The van der Waals surface area contributed by atoms with Gasteiger partial charge < -0.3 is 10.6 Å². The van der Waals surface area contributed by atoms with Crippen molar-refractivity contribution in [3.8, 4) is 0 Å². The summed E-state index contributed by atoms with van der Waals surface area (Å²) >= 11 is 0. The van der Waals surface area contributed by atoms with E-state index in [0.717, 1.165) is 19.5 Å². The van der Waals surface area contributed by atoms with E-state index in [1.165, 1.54) is 5.69 Å². The average molecular weight is 206 g/mol. The maximum atomic E-state index is 5.99. The summed E-state index contributed by atoms with van der Waals surface area (Å²) in [5, 5.41) is 0. The third kappa shape index (κ3) is 4.34. The van der Waals surface area contributed by atoms with E-state index >= 15 is 0 Å². The second-order valence-electron chi connectivity index (χ2n) is 4.65.